The average Bonchev–Trinajstić information content (AvgIpc) is 2.71. The molecule has 0 spiro atoms. The van der Waals surface area contributed by atoms with Crippen molar-refractivity contribution in [1.82, 2.24) is 0 Å². The van der Waals surface area contributed by atoms with Crippen LogP contribution in [-0.2, 0) is 14.8 Å². The number of hydrogen-bond acceptors (Lipinski definition) is 4. The lowest BCUT2D eigenvalue weighted by atomic mass is 10.1. The maximum atomic E-state index is 12.5. The fourth-order valence-electron chi connectivity index (χ4n) is 2.60. The van der Waals surface area contributed by atoms with E-state index in [0.717, 1.165) is 15.6 Å². The summed E-state index contributed by atoms with van der Waals surface area (Å²) in [5.74, 6) is 0.283. The minimum Gasteiger partial charge on any atom is -0.484 e. The number of benzene rings is 3. The molecule has 0 fully saturated rings. The molecule has 0 unspecified atom stereocenters. The van der Waals surface area contributed by atoms with E-state index >= 15 is 0 Å². The molecule has 0 saturated carbocycles. The normalized spacial score (nSPS) is 11.0. The van der Waals surface area contributed by atoms with E-state index in [4.69, 9.17) is 4.74 Å². The van der Waals surface area contributed by atoms with Crippen molar-refractivity contribution in [3.05, 3.63) is 82.3 Å². The number of ether oxygens (including phenoxy) is 1. The monoisotopic (exact) mass is 488 g/mol. The predicted octanol–water partition coefficient (Wildman–Crippen LogP) is 4.88. The predicted molar refractivity (Wildman–Crippen MR) is 121 cm³/mol. The quantitative estimate of drug-likeness (QED) is 0.495. The van der Waals surface area contributed by atoms with Gasteiger partial charge in [0.15, 0.2) is 6.61 Å². The van der Waals surface area contributed by atoms with Gasteiger partial charge in [-0.2, -0.15) is 0 Å². The van der Waals surface area contributed by atoms with Crippen molar-refractivity contribution < 1.29 is 17.9 Å². The number of aryl methyl sites for hydroxylation is 2. The first kappa shape index (κ1) is 21.9. The highest BCUT2D eigenvalue weighted by molar-refractivity contribution is 9.10. The van der Waals surface area contributed by atoms with Crippen molar-refractivity contribution in [3.8, 4) is 5.75 Å². The molecule has 3 rings (SSSR count). The molecule has 0 atom stereocenters. The molecular weight excluding hydrogens is 468 g/mol. The van der Waals surface area contributed by atoms with Gasteiger partial charge in [-0.3, -0.25) is 9.52 Å². The third kappa shape index (κ3) is 5.84. The fraction of sp³-hybridized carbons (Fsp3) is 0.136. The number of carbonyl (C=O) groups is 1. The second-order valence-electron chi connectivity index (χ2n) is 6.72. The van der Waals surface area contributed by atoms with Gasteiger partial charge in [0, 0.05) is 15.8 Å². The fourth-order valence-corrected chi connectivity index (χ4v) is 3.92. The molecule has 0 aliphatic rings. The van der Waals surface area contributed by atoms with Crippen LogP contribution in [-0.4, -0.2) is 20.9 Å². The van der Waals surface area contributed by atoms with E-state index in [2.05, 4.69) is 26.0 Å². The molecule has 0 aliphatic heterocycles. The Bertz CT molecular complexity index is 1140. The minimum absolute atomic E-state index is 0.0924. The number of amides is 1. The first-order chi connectivity index (χ1) is 14.2. The van der Waals surface area contributed by atoms with E-state index in [-0.39, 0.29) is 17.4 Å². The third-order valence-electron chi connectivity index (χ3n) is 4.39. The number of rotatable bonds is 7. The molecule has 156 valence electrons. The zero-order valence-corrected chi connectivity index (χ0v) is 18.9. The summed E-state index contributed by atoms with van der Waals surface area (Å²) in [6, 6.07) is 18.4. The summed E-state index contributed by atoms with van der Waals surface area (Å²) < 4.78 is 33.9. The Balaban J connectivity index is 1.58. The molecule has 0 heterocycles. The summed E-state index contributed by atoms with van der Waals surface area (Å²) in [6.45, 7) is 3.83. The summed E-state index contributed by atoms with van der Waals surface area (Å²) in [7, 11) is -3.73. The van der Waals surface area contributed by atoms with Crippen molar-refractivity contribution in [2.24, 2.45) is 0 Å². The van der Waals surface area contributed by atoms with Crippen molar-refractivity contribution >= 4 is 43.2 Å². The van der Waals surface area contributed by atoms with Crippen LogP contribution in [0.4, 0.5) is 11.4 Å². The standard InChI is InChI=1S/C22H21BrN2O4S/c1-15-3-10-20(13-16(15)2)29-14-22(26)24-18-8-11-21(12-9-18)30(27,28)25-19-6-4-17(23)5-7-19/h3-13,25H,14H2,1-2H3,(H,24,26). The second-order valence-corrected chi connectivity index (χ2v) is 9.32. The van der Waals surface area contributed by atoms with Crippen LogP contribution in [0, 0.1) is 13.8 Å². The lowest BCUT2D eigenvalue weighted by Crippen LogP contribution is -2.20. The smallest absolute Gasteiger partial charge is 0.262 e. The highest BCUT2D eigenvalue weighted by atomic mass is 79.9. The lowest BCUT2D eigenvalue weighted by molar-refractivity contribution is -0.118. The largest absolute Gasteiger partial charge is 0.484 e. The van der Waals surface area contributed by atoms with Gasteiger partial charge in [-0.15, -0.1) is 0 Å². The van der Waals surface area contributed by atoms with Crippen LogP contribution in [0.1, 0.15) is 11.1 Å². The van der Waals surface area contributed by atoms with E-state index in [1.807, 2.05) is 32.0 Å². The van der Waals surface area contributed by atoms with E-state index in [1.54, 1.807) is 24.3 Å². The van der Waals surface area contributed by atoms with Crippen molar-refractivity contribution in [2.75, 3.05) is 16.6 Å². The number of nitrogens with one attached hydrogen (secondary N) is 2. The summed E-state index contributed by atoms with van der Waals surface area (Å²) in [5.41, 5.74) is 3.17. The Morgan fingerprint density at radius 3 is 2.17 bits per heavy atom. The first-order valence-electron chi connectivity index (χ1n) is 9.11. The molecule has 30 heavy (non-hydrogen) atoms. The van der Waals surface area contributed by atoms with Gasteiger partial charge in [-0.25, -0.2) is 8.42 Å². The maximum absolute atomic E-state index is 12.5. The molecule has 2 N–H and O–H groups in total. The highest BCUT2D eigenvalue weighted by Crippen LogP contribution is 2.20. The molecule has 0 saturated heterocycles. The number of halogens is 1. The van der Waals surface area contributed by atoms with Crippen molar-refractivity contribution in [1.29, 1.82) is 0 Å². The summed E-state index contributed by atoms with van der Waals surface area (Å²) in [6.07, 6.45) is 0. The Hall–Kier alpha value is -2.84. The Morgan fingerprint density at radius 2 is 1.53 bits per heavy atom. The highest BCUT2D eigenvalue weighted by Gasteiger charge is 2.14. The Kier molecular flexibility index (Phi) is 6.79. The number of hydrogen-bond donors (Lipinski definition) is 2. The van der Waals surface area contributed by atoms with Crippen LogP contribution < -0.4 is 14.8 Å². The van der Waals surface area contributed by atoms with Gasteiger partial charge in [0.25, 0.3) is 15.9 Å². The van der Waals surface area contributed by atoms with Crippen LogP contribution in [0.25, 0.3) is 0 Å². The van der Waals surface area contributed by atoms with Gasteiger partial charge in [0.1, 0.15) is 5.75 Å². The van der Waals surface area contributed by atoms with Crippen LogP contribution >= 0.6 is 15.9 Å². The maximum Gasteiger partial charge on any atom is 0.262 e. The summed E-state index contributed by atoms with van der Waals surface area (Å²) in [5, 5.41) is 2.69. The molecular formula is C22H21BrN2O4S. The molecule has 0 bridgehead atoms. The number of carbonyl (C=O) groups excluding carboxylic acids is 1. The zero-order chi connectivity index (χ0) is 21.7. The summed E-state index contributed by atoms with van der Waals surface area (Å²) in [4.78, 5) is 12.2. The molecule has 8 heteroatoms. The van der Waals surface area contributed by atoms with Gasteiger partial charge in [-0.1, -0.05) is 22.0 Å². The van der Waals surface area contributed by atoms with Gasteiger partial charge in [-0.05, 0) is 85.6 Å². The van der Waals surface area contributed by atoms with Crippen molar-refractivity contribution in [3.63, 3.8) is 0 Å². The van der Waals surface area contributed by atoms with Crippen LogP contribution in [0.5, 0.6) is 5.75 Å². The van der Waals surface area contributed by atoms with Gasteiger partial charge in [0.05, 0.1) is 4.90 Å². The summed E-state index contributed by atoms with van der Waals surface area (Å²) >= 11 is 3.31. The average molecular weight is 489 g/mol. The molecule has 0 aromatic heterocycles. The van der Waals surface area contributed by atoms with Gasteiger partial charge < -0.3 is 10.1 Å². The van der Waals surface area contributed by atoms with Gasteiger partial charge in [0.2, 0.25) is 0 Å². The molecule has 1 amide bonds. The van der Waals surface area contributed by atoms with Crippen LogP contribution in [0.2, 0.25) is 0 Å². The van der Waals surface area contributed by atoms with Crippen LogP contribution in [0.15, 0.2) is 76.1 Å². The second kappa shape index (κ2) is 9.32. The topological polar surface area (TPSA) is 84.5 Å². The minimum atomic E-state index is -3.73. The number of sulfonamides is 1. The molecule has 0 aliphatic carbocycles. The Labute approximate surface area is 184 Å². The van der Waals surface area contributed by atoms with Gasteiger partial charge >= 0.3 is 0 Å². The Morgan fingerprint density at radius 1 is 0.900 bits per heavy atom. The lowest BCUT2D eigenvalue weighted by Gasteiger charge is -2.11. The zero-order valence-electron chi connectivity index (χ0n) is 16.5. The number of anilines is 2. The molecule has 3 aromatic carbocycles. The van der Waals surface area contributed by atoms with E-state index in [1.165, 1.54) is 24.3 Å². The van der Waals surface area contributed by atoms with Crippen molar-refractivity contribution in [2.45, 2.75) is 18.7 Å². The SMILES string of the molecule is Cc1ccc(OCC(=O)Nc2ccc(S(=O)(=O)Nc3ccc(Br)cc3)cc2)cc1C. The third-order valence-corrected chi connectivity index (χ3v) is 6.32. The molecule has 0 radical (unpaired) electrons. The van der Waals surface area contributed by atoms with E-state index < -0.39 is 10.0 Å². The first-order valence-corrected chi connectivity index (χ1v) is 11.4. The molecule has 6 nitrogen and oxygen atoms in total. The van der Waals surface area contributed by atoms with Crippen LogP contribution in [0.3, 0.4) is 0 Å². The van der Waals surface area contributed by atoms with E-state index in [0.29, 0.717) is 17.1 Å². The molecule has 3 aromatic rings. The van der Waals surface area contributed by atoms with E-state index in [9.17, 15) is 13.2 Å².